The van der Waals surface area contributed by atoms with Crippen LogP contribution in [0.4, 0.5) is 17.2 Å². The highest BCUT2D eigenvalue weighted by molar-refractivity contribution is 6.07. The van der Waals surface area contributed by atoms with Crippen LogP contribution in [0.1, 0.15) is 28.8 Å². The number of imide groups is 1. The number of aromatic nitrogens is 2. The third kappa shape index (κ3) is 6.77. The fourth-order valence-corrected chi connectivity index (χ4v) is 4.91. The Labute approximate surface area is 236 Å². The Balaban J connectivity index is 1.31. The standard InChI is InChI=1S/C28H33N7O6/c29-16-41-12-11-40-10-9-39-8-7-30-23-14-18(33-26-19-3-1-2-4-22(19)31-17-32-26)13-20-21(23)15-35(28(20)38)24-5-6-25(36)34-27(24)37/h1-4,13-14,17,24,30H,5-12,15-16,29H2,(H,31,32,33)(H,34,36,37). The van der Waals surface area contributed by atoms with Crippen molar-refractivity contribution in [2.45, 2.75) is 25.4 Å². The van der Waals surface area contributed by atoms with Gasteiger partial charge in [0.15, 0.2) is 0 Å². The Morgan fingerprint density at radius 1 is 1.00 bits per heavy atom. The van der Waals surface area contributed by atoms with E-state index in [0.717, 1.165) is 22.2 Å². The zero-order chi connectivity index (χ0) is 28.6. The van der Waals surface area contributed by atoms with E-state index < -0.39 is 11.9 Å². The zero-order valence-corrected chi connectivity index (χ0v) is 22.6. The van der Waals surface area contributed by atoms with Crippen molar-refractivity contribution in [1.29, 1.82) is 0 Å². The lowest BCUT2D eigenvalue weighted by Crippen LogP contribution is -2.52. The van der Waals surface area contributed by atoms with Gasteiger partial charge in [0.2, 0.25) is 11.8 Å². The first-order valence-corrected chi connectivity index (χ1v) is 13.5. The summed E-state index contributed by atoms with van der Waals surface area (Å²) in [5.74, 6) is -0.432. The minimum absolute atomic E-state index is 0.165. The van der Waals surface area contributed by atoms with Crippen molar-refractivity contribution in [3.8, 4) is 0 Å². The van der Waals surface area contributed by atoms with Crippen LogP contribution in [0.25, 0.3) is 10.9 Å². The molecule has 1 atom stereocenters. The van der Waals surface area contributed by atoms with Gasteiger partial charge in [-0.3, -0.25) is 19.7 Å². The number of anilines is 3. The van der Waals surface area contributed by atoms with Crippen LogP contribution in [0, 0.1) is 0 Å². The second kappa shape index (κ2) is 13.5. The Bertz CT molecular complexity index is 1410. The maximum absolute atomic E-state index is 13.6. The molecule has 0 radical (unpaired) electrons. The summed E-state index contributed by atoms with van der Waals surface area (Å²) in [6.45, 7) is 3.05. The largest absolute Gasteiger partial charge is 0.382 e. The number of carbonyl (C=O) groups is 3. The highest BCUT2D eigenvalue weighted by atomic mass is 16.5. The number of fused-ring (bicyclic) bond motifs is 2. The molecular weight excluding hydrogens is 530 g/mol. The molecule has 2 aliphatic heterocycles. The predicted molar refractivity (Wildman–Crippen MR) is 150 cm³/mol. The molecule has 1 unspecified atom stereocenters. The highest BCUT2D eigenvalue weighted by Gasteiger charge is 2.40. The fraction of sp³-hybridized carbons (Fsp3) is 0.393. The molecule has 0 aliphatic carbocycles. The lowest BCUT2D eigenvalue weighted by atomic mass is 10.0. The number of carbonyl (C=O) groups excluding carboxylic acids is 3. The van der Waals surface area contributed by atoms with Gasteiger partial charge in [0.25, 0.3) is 5.91 Å². The quantitative estimate of drug-likeness (QED) is 0.127. The number of piperidine rings is 1. The van der Waals surface area contributed by atoms with Crippen LogP contribution >= 0.6 is 0 Å². The monoisotopic (exact) mass is 563 g/mol. The number of nitrogens with two attached hydrogens (primary N) is 1. The number of ether oxygens (including phenoxy) is 3. The van der Waals surface area contributed by atoms with Gasteiger partial charge in [-0.05, 0) is 30.7 Å². The number of hydrogen-bond donors (Lipinski definition) is 4. The molecule has 0 spiro atoms. The number of nitrogens with one attached hydrogen (secondary N) is 3. The van der Waals surface area contributed by atoms with Crippen LogP contribution in [-0.4, -0.2) is 84.9 Å². The van der Waals surface area contributed by atoms with Gasteiger partial charge in [0.05, 0.1) is 45.3 Å². The van der Waals surface area contributed by atoms with E-state index in [1.165, 1.54) is 11.2 Å². The van der Waals surface area contributed by atoms with E-state index in [9.17, 15) is 14.4 Å². The average molecular weight is 564 g/mol. The summed E-state index contributed by atoms with van der Waals surface area (Å²) in [7, 11) is 0. The Morgan fingerprint density at radius 2 is 1.78 bits per heavy atom. The van der Waals surface area contributed by atoms with Crippen LogP contribution in [0.15, 0.2) is 42.7 Å². The zero-order valence-electron chi connectivity index (χ0n) is 22.6. The molecule has 0 bridgehead atoms. The Kier molecular flexibility index (Phi) is 9.31. The Hall–Kier alpha value is -4.17. The first kappa shape index (κ1) is 28.4. The van der Waals surface area contributed by atoms with Crippen LogP contribution < -0.4 is 21.7 Å². The SMILES string of the molecule is NCOCCOCCOCCNc1cc(Nc2ncnc3ccccc23)cc2c1CN(C1CCC(=O)NC1=O)C2=O. The summed E-state index contributed by atoms with van der Waals surface area (Å²) in [6, 6.07) is 10.6. The summed E-state index contributed by atoms with van der Waals surface area (Å²) in [5.41, 5.74) is 8.72. The number of benzene rings is 2. The van der Waals surface area contributed by atoms with E-state index in [1.807, 2.05) is 30.3 Å². The minimum atomic E-state index is -0.707. The maximum atomic E-state index is 13.6. The smallest absolute Gasteiger partial charge is 0.255 e. The topological polar surface area (TPSA) is 170 Å². The molecule has 216 valence electrons. The van der Waals surface area contributed by atoms with Crippen molar-refractivity contribution in [2.24, 2.45) is 5.73 Å². The van der Waals surface area contributed by atoms with Gasteiger partial charge in [0, 0.05) is 47.4 Å². The minimum Gasteiger partial charge on any atom is -0.382 e. The van der Waals surface area contributed by atoms with Crippen molar-refractivity contribution < 1.29 is 28.6 Å². The molecule has 2 aromatic carbocycles. The van der Waals surface area contributed by atoms with Gasteiger partial charge >= 0.3 is 0 Å². The molecular formula is C28H33N7O6. The normalized spacial score (nSPS) is 16.7. The van der Waals surface area contributed by atoms with Crippen LogP contribution in [0.2, 0.25) is 0 Å². The first-order valence-electron chi connectivity index (χ1n) is 13.5. The van der Waals surface area contributed by atoms with E-state index >= 15 is 0 Å². The van der Waals surface area contributed by atoms with Crippen molar-refractivity contribution in [3.63, 3.8) is 0 Å². The van der Waals surface area contributed by atoms with Gasteiger partial charge < -0.3 is 35.5 Å². The summed E-state index contributed by atoms with van der Waals surface area (Å²) < 4.78 is 16.1. The van der Waals surface area contributed by atoms with E-state index in [1.54, 1.807) is 6.07 Å². The predicted octanol–water partition coefficient (Wildman–Crippen LogP) is 1.51. The van der Waals surface area contributed by atoms with Gasteiger partial charge in [-0.2, -0.15) is 0 Å². The summed E-state index contributed by atoms with van der Waals surface area (Å²) in [5, 5.41) is 9.91. The summed E-state index contributed by atoms with van der Waals surface area (Å²) >= 11 is 0. The number of nitrogens with zero attached hydrogens (tertiary/aromatic N) is 3. The van der Waals surface area contributed by atoms with E-state index in [2.05, 4.69) is 25.9 Å². The summed E-state index contributed by atoms with van der Waals surface area (Å²) in [4.78, 5) is 48.1. The van der Waals surface area contributed by atoms with E-state index in [4.69, 9.17) is 19.9 Å². The Morgan fingerprint density at radius 3 is 2.59 bits per heavy atom. The van der Waals surface area contributed by atoms with Crippen molar-refractivity contribution in [1.82, 2.24) is 20.2 Å². The lowest BCUT2D eigenvalue weighted by Gasteiger charge is -2.29. The lowest BCUT2D eigenvalue weighted by molar-refractivity contribution is -0.136. The number of rotatable bonds is 14. The van der Waals surface area contributed by atoms with Crippen LogP contribution in [0.5, 0.6) is 0 Å². The highest BCUT2D eigenvalue weighted by Crippen LogP contribution is 2.36. The van der Waals surface area contributed by atoms with E-state index in [-0.39, 0.29) is 31.5 Å². The number of amides is 3. The van der Waals surface area contributed by atoms with E-state index in [0.29, 0.717) is 63.1 Å². The molecule has 3 amide bonds. The van der Waals surface area contributed by atoms with Crippen molar-refractivity contribution in [3.05, 3.63) is 53.9 Å². The molecule has 0 saturated carbocycles. The summed E-state index contributed by atoms with van der Waals surface area (Å²) in [6.07, 6.45) is 1.97. The second-order valence-electron chi connectivity index (χ2n) is 9.54. The molecule has 3 aromatic rings. The molecule has 13 nitrogen and oxygen atoms in total. The number of para-hydroxylation sites is 1. The third-order valence-electron chi connectivity index (χ3n) is 6.89. The fourth-order valence-electron chi connectivity index (χ4n) is 4.91. The molecule has 1 fully saturated rings. The average Bonchev–Trinajstić information content (AvgIpc) is 3.30. The number of hydrogen-bond acceptors (Lipinski definition) is 11. The van der Waals surface area contributed by atoms with Gasteiger partial charge in [-0.15, -0.1) is 0 Å². The van der Waals surface area contributed by atoms with Gasteiger partial charge in [-0.1, -0.05) is 12.1 Å². The van der Waals surface area contributed by atoms with Gasteiger partial charge in [0.1, 0.15) is 18.2 Å². The van der Waals surface area contributed by atoms with Gasteiger partial charge in [-0.25, -0.2) is 9.97 Å². The van der Waals surface area contributed by atoms with Crippen LogP contribution in [0.3, 0.4) is 0 Å². The van der Waals surface area contributed by atoms with Crippen molar-refractivity contribution in [2.75, 3.05) is 56.9 Å². The molecule has 5 rings (SSSR count). The van der Waals surface area contributed by atoms with Crippen LogP contribution in [-0.2, 0) is 30.3 Å². The molecule has 13 heteroatoms. The first-order chi connectivity index (χ1) is 20.0. The maximum Gasteiger partial charge on any atom is 0.255 e. The molecule has 1 aromatic heterocycles. The molecule has 2 aliphatic rings. The van der Waals surface area contributed by atoms with Crippen molar-refractivity contribution >= 4 is 45.8 Å². The second-order valence-corrected chi connectivity index (χ2v) is 9.54. The molecule has 41 heavy (non-hydrogen) atoms. The third-order valence-corrected chi connectivity index (χ3v) is 6.89. The molecule has 5 N–H and O–H groups in total. The molecule has 3 heterocycles. The molecule has 1 saturated heterocycles.